The number of fused-ring (bicyclic) bond motifs is 1. The summed E-state index contributed by atoms with van der Waals surface area (Å²) in [5, 5.41) is 3.46. The number of ether oxygens (including phenoxy) is 1. The fourth-order valence-electron chi connectivity index (χ4n) is 2.34. The first kappa shape index (κ1) is 13.7. The van der Waals surface area contributed by atoms with Crippen LogP contribution in [0.2, 0.25) is 0 Å². The number of hydrogen-bond acceptors (Lipinski definition) is 3. The van der Waals surface area contributed by atoms with Gasteiger partial charge in [-0.3, -0.25) is 0 Å². The zero-order chi connectivity index (χ0) is 13.7. The van der Waals surface area contributed by atoms with Crippen molar-refractivity contribution in [3.63, 3.8) is 0 Å². The number of anilines is 1. The average Bonchev–Trinajstić information content (AvgIpc) is 2.44. The lowest BCUT2D eigenvalue weighted by atomic mass is 9.91. The molecule has 102 valence electrons. The maximum atomic E-state index is 11.3. The number of hydrogen-bond donors (Lipinski definition) is 1. The van der Waals surface area contributed by atoms with Gasteiger partial charge in [0.15, 0.2) is 0 Å². The zero-order valence-corrected chi connectivity index (χ0v) is 11.6. The van der Waals surface area contributed by atoms with Gasteiger partial charge in [0.25, 0.3) is 0 Å². The highest BCUT2D eigenvalue weighted by Crippen LogP contribution is 2.27. The molecule has 1 heterocycles. The summed E-state index contributed by atoms with van der Waals surface area (Å²) in [7, 11) is 0. The van der Waals surface area contributed by atoms with Crippen molar-refractivity contribution in [1.82, 2.24) is 0 Å². The molecule has 0 fully saturated rings. The van der Waals surface area contributed by atoms with Crippen LogP contribution in [0.4, 0.5) is 5.69 Å². The summed E-state index contributed by atoms with van der Waals surface area (Å²) >= 11 is 0. The van der Waals surface area contributed by atoms with Crippen LogP contribution in [0, 0.1) is 5.92 Å². The molecule has 0 aliphatic carbocycles. The number of esters is 1. The first-order valence-corrected chi connectivity index (χ1v) is 6.94. The first-order valence-electron chi connectivity index (χ1n) is 6.94. The second kappa shape index (κ2) is 6.41. The van der Waals surface area contributed by atoms with Gasteiger partial charge in [0.1, 0.15) is 0 Å². The van der Waals surface area contributed by atoms with Crippen LogP contribution in [0.1, 0.15) is 31.4 Å². The van der Waals surface area contributed by atoms with E-state index in [0.29, 0.717) is 12.5 Å². The monoisotopic (exact) mass is 259 g/mol. The van der Waals surface area contributed by atoms with Gasteiger partial charge in [0.2, 0.25) is 0 Å². The Labute approximate surface area is 114 Å². The van der Waals surface area contributed by atoms with Crippen LogP contribution >= 0.6 is 0 Å². The molecule has 3 heteroatoms. The Kier molecular flexibility index (Phi) is 4.61. The Bertz CT molecular complexity index is 480. The summed E-state index contributed by atoms with van der Waals surface area (Å²) in [6.45, 7) is 5.50. The second-order valence-corrected chi connectivity index (χ2v) is 4.86. The number of carbonyl (C=O) groups is 1. The van der Waals surface area contributed by atoms with Gasteiger partial charge in [-0.1, -0.05) is 19.4 Å². The average molecular weight is 259 g/mol. The summed E-state index contributed by atoms with van der Waals surface area (Å²) in [5.41, 5.74) is 3.60. The Morgan fingerprint density at radius 2 is 2.32 bits per heavy atom. The Balaban J connectivity index is 2.10. The standard InChI is InChI=1S/C16H21NO2/c1-3-12-9-14-10-13(5-7-15(14)17-11-12)6-8-16(18)19-4-2/h5-8,10,12,17H,3-4,9,11H2,1-2H3. The van der Waals surface area contributed by atoms with E-state index in [4.69, 9.17) is 4.74 Å². The summed E-state index contributed by atoms with van der Waals surface area (Å²) in [6.07, 6.45) is 5.60. The van der Waals surface area contributed by atoms with E-state index in [0.717, 1.165) is 18.5 Å². The lowest BCUT2D eigenvalue weighted by Crippen LogP contribution is -2.22. The highest BCUT2D eigenvalue weighted by Gasteiger charge is 2.16. The molecular weight excluding hydrogens is 238 g/mol. The molecule has 1 N–H and O–H groups in total. The molecule has 2 rings (SSSR count). The molecule has 1 aromatic carbocycles. The molecule has 0 amide bonds. The summed E-state index contributed by atoms with van der Waals surface area (Å²) in [6, 6.07) is 6.26. The largest absolute Gasteiger partial charge is 0.463 e. The Morgan fingerprint density at radius 1 is 1.47 bits per heavy atom. The van der Waals surface area contributed by atoms with Crippen LogP contribution in [-0.2, 0) is 16.0 Å². The maximum absolute atomic E-state index is 11.3. The molecule has 3 nitrogen and oxygen atoms in total. The van der Waals surface area contributed by atoms with Gasteiger partial charge in [-0.05, 0) is 48.6 Å². The van der Waals surface area contributed by atoms with Gasteiger partial charge in [-0.15, -0.1) is 0 Å². The first-order chi connectivity index (χ1) is 9.22. The summed E-state index contributed by atoms with van der Waals surface area (Å²) < 4.78 is 4.87. The molecule has 1 atom stereocenters. The van der Waals surface area contributed by atoms with E-state index < -0.39 is 0 Å². The Morgan fingerprint density at radius 3 is 3.05 bits per heavy atom. The van der Waals surface area contributed by atoms with Crippen molar-refractivity contribution in [2.75, 3.05) is 18.5 Å². The smallest absolute Gasteiger partial charge is 0.330 e. The Hall–Kier alpha value is -1.77. The quantitative estimate of drug-likeness (QED) is 0.666. The molecule has 0 saturated carbocycles. The number of nitrogens with one attached hydrogen (secondary N) is 1. The third kappa shape index (κ3) is 3.60. The van der Waals surface area contributed by atoms with E-state index in [1.807, 2.05) is 12.1 Å². The van der Waals surface area contributed by atoms with Crippen LogP contribution in [0.5, 0.6) is 0 Å². The molecule has 0 spiro atoms. The molecule has 1 aromatic rings. The number of rotatable bonds is 4. The van der Waals surface area contributed by atoms with Crippen molar-refractivity contribution in [2.45, 2.75) is 26.7 Å². The topological polar surface area (TPSA) is 38.3 Å². The molecular formula is C16H21NO2. The van der Waals surface area contributed by atoms with Crippen molar-refractivity contribution in [2.24, 2.45) is 5.92 Å². The van der Waals surface area contributed by atoms with Crippen molar-refractivity contribution >= 4 is 17.7 Å². The molecule has 0 bridgehead atoms. The van der Waals surface area contributed by atoms with Crippen LogP contribution in [0.3, 0.4) is 0 Å². The predicted molar refractivity (Wildman–Crippen MR) is 78.1 cm³/mol. The van der Waals surface area contributed by atoms with E-state index in [1.165, 1.54) is 23.7 Å². The summed E-state index contributed by atoms with van der Waals surface area (Å²) in [4.78, 5) is 11.3. The minimum atomic E-state index is -0.287. The van der Waals surface area contributed by atoms with Gasteiger partial charge < -0.3 is 10.1 Å². The van der Waals surface area contributed by atoms with Crippen molar-refractivity contribution < 1.29 is 9.53 Å². The van der Waals surface area contributed by atoms with Crippen LogP contribution in [-0.4, -0.2) is 19.1 Å². The molecule has 1 aliphatic rings. The minimum Gasteiger partial charge on any atom is -0.463 e. The highest BCUT2D eigenvalue weighted by molar-refractivity contribution is 5.87. The van der Waals surface area contributed by atoms with Crippen LogP contribution < -0.4 is 5.32 Å². The van der Waals surface area contributed by atoms with Gasteiger partial charge in [-0.25, -0.2) is 4.79 Å². The SMILES string of the molecule is CCOC(=O)C=Cc1ccc2c(c1)CC(CC)CN2. The zero-order valence-electron chi connectivity index (χ0n) is 11.6. The van der Waals surface area contributed by atoms with E-state index in [9.17, 15) is 4.79 Å². The van der Waals surface area contributed by atoms with Crippen molar-refractivity contribution in [3.05, 3.63) is 35.4 Å². The lowest BCUT2D eigenvalue weighted by molar-refractivity contribution is -0.137. The lowest BCUT2D eigenvalue weighted by Gasteiger charge is -2.25. The normalized spacial score (nSPS) is 17.9. The molecule has 0 radical (unpaired) electrons. The molecule has 1 aliphatic heterocycles. The van der Waals surface area contributed by atoms with Gasteiger partial charge in [0, 0.05) is 18.3 Å². The number of carbonyl (C=O) groups excluding carboxylic acids is 1. The van der Waals surface area contributed by atoms with Gasteiger partial charge >= 0.3 is 5.97 Å². The van der Waals surface area contributed by atoms with Gasteiger partial charge in [0.05, 0.1) is 6.61 Å². The maximum Gasteiger partial charge on any atom is 0.330 e. The van der Waals surface area contributed by atoms with Gasteiger partial charge in [-0.2, -0.15) is 0 Å². The highest BCUT2D eigenvalue weighted by atomic mass is 16.5. The fraction of sp³-hybridized carbons (Fsp3) is 0.438. The summed E-state index contributed by atoms with van der Waals surface area (Å²) in [5.74, 6) is 0.418. The fourth-order valence-corrected chi connectivity index (χ4v) is 2.34. The van der Waals surface area contributed by atoms with Crippen molar-refractivity contribution in [3.8, 4) is 0 Å². The third-order valence-electron chi connectivity index (χ3n) is 3.49. The van der Waals surface area contributed by atoms with E-state index in [1.54, 1.807) is 6.92 Å². The van der Waals surface area contributed by atoms with Crippen LogP contribution in [0.25, 0.3) is 6.08 Å². The van der Waals surface area contributed by atoms with E-state index >= 15 is 0 Å². The second-order valence-electron chi connectivity index (χ2n) is 4.86. The molecule has 1 unspecified atom stereocenters. The molecule has 19 heavy (non-hydrogen) atoms. The number of benzene rings is 1. The molecule has 0 aromatic heterocycles. The van der Waals surface area contributed by atoms with Crippen molar-refractivity contribution in [1.29, 1.82) is 0 Å². The minimum absolute atomic E-state index is 0.287. The predicted octanol–water partition coefficient (Wildman–Crippen LogP) is 3.26. The van der Waals surface area contributed by atoms with E-state index in [-0.39, 0.29) is 5.97 Å². The third-order valence-corrected chi connectivity index (χ3v) is 3.49. The van der Waals surface area contributed by atoms with Crippen LogP contribution in [0.15, 0.2) is 24.3 Å². The van der Waals surface area contributed by atoms with E-state index in [2.05, 4.69) is 24.4 Å². The molecule has 0 saturated heterocycles.